The van der Waals surface area contributed by atoms with Gasteiger partial charge in [-0.15, -0.1) is 0 Å². The molecule has 7 heteroatoms. The van der Waals surface area contributed by atoms with Crippen LogP contribution in [-0.2, 0) is 10.0 Å². The smallest absolute Gasteiger partial charge is 0.251 e. The van der Waals surface area contributed by atoms with Crippen molar-refractivity contribution >= 4 is 15.9 Å². The number of halogens is 1. The molecule has 3 N–H and O–H groups in total. The largest absolute Gasteiger partial charge is 0.352 e. The highest BCUT2D eigenvalue weighted by Crippen LogP contribution is 2.28. The third-order valence-electron chi connectivity index (χ3n) is 3.94. The Morgan fingerprint density at radius 3 is 2.62 bits per heavy atom. The van der Waals surface area contributed by atoms with Crippen LogP contribution in [0.4, 0.5) is 4.39 Å². The van der Waals surface area contributed by atoms with Crippen LogP contribution in [0.25, 0.3) is 0 Å². The summed E-state index contributed by atoms with van der Waals surface area (Å²) in [4.78, 5) is 11.7. The van der Waals surface area contributed by atoms with Gasteiger partial charge in [0.2, 0.25) is 10.0 Å². The molecule has 0 aromatic heterocycles. The third kappa shape index (κ3) is 3.79. The highest BCUT2D eigenvalue weighted by molar-refractivity contribution is 7.89. The van der Waals surface area contributed by atoms with Gasteiger partial charge in [0.15, 0.2) is 0 Å². The molecule has 0 saturated heterocycles. The van der Waals surface area contributed by atoms with Crippen LogP contribution < -0.4 is 10.5 Å². The number of hydrogen-bond donors (Lipinski definition) is 2. The van der Waals surface area contributed by atoms with Gasteiger partial charge in [-0.2, -0.15) is 0 Å². The second-order valence-corrected chi connectivity index (χ2v) is 6.99. The second-order valence-electron chi connectivity index (χ2n) is 5.46. The van der Waals surface area contributed by atoms with Gasteiger partial charge in [0.25, 0.3) is 5.91 Å². The molecule has 5 nitrogen and oxygen atoms in total. The summed E-state index contributed by atoms with van der Waals surface area (Å²) in [5.74, 6) is -0.621. The standard InChI is InChI=1S/C14H19FN2O3S/c1-9-12(7-11(15)8-13(9)21(16,19)20)14(18)17-6-5-10-3-2-4-10/h7-8,10H,2-6H2,1H3,(H,17,18)(H2,16,19,20). The molecular weight excluding hydrogens is 295 g/mol. The van der Waals surface area contributed by atoms with Crippen LogP contribution in [0, 0.1) is 18.7 Å². The lowest BCUT2D eigenvalue weighted by Gasteiger charge is -2.25. The van der Waals surface area contributed by atoms with Crippen molar-refractivity contribution in [2.24, 2.45) is 11.1 Å². The van der Waals surface area contributed by atoms with Gasteiger partial charge in [0.05, 0.1) is 4.90 Å². The van der Waals surface area contributed by atoms with Gasteiger partial charge in [-0.1, -0.05) is 19.3 Å². The normalized spacial score (nSPS) is 15.6. The Hall–Kier alpha value is -1.47. The molecule has 1 aromatic rings. The summed E-state index contributed by atoms with van der Waals surface area (Å²) in [5.41, 5.74) is 0.174. The molecule has 0 aliphatic heterocycles. The summed E-state index contributed by atoms with van der Waals surface area (Å²) in [6.07, 6.45) is 4.50. The molecule has 0 radical (unpaired) electrons. The number of primary sulfonamides is 1. The van der Waals surface area contributed by atoms with Crippen LogP contribution in [0.2, 0.25) is 0 Å². The average molecular weight is 314 g/mol. The number of hydrogen-bond acceptors (Lipinski definition) is 3. The molecule has 0 bridgehead atoms. The van der Waals surface area contributed by atoms with Crippen molar-refractivity contribution in [2.45, 2.75) is 37.5 Å². The Morgan fingerprint density at radius 1 is 1.43 bits per heavy atom. The lowest BCUT2D eigenvalue weighted by molar-refractivity contribution is 0.0947. The van der Waals surface area contributed by atoms with Crippen molar-refractivity contribution in [2.75, 3.05) is 6.54 Å². The first kappa shape index (κ1) is 15.9. The van der Waals surface area contributed by atoms with Crippen molar-refractivity contribution in [3.05, 3.63) is 29.1 Å². The van der Waals surface area contributed by atoms with E-state index in [1.54, 1.807) is 0 Å². The molecule has 116 valence electrons. The predicted molar refractivity (Wildman–Crippen MR) is 76.8 cm³/mol. The molecular formula is C14H19FN2O3S. The molecule has 1 fully saturated rings. The topological polar surface area (TPSA) is 89.3 Å². The Balaban J connectivity index is 2.14. The number of rotatable bonds is 5. The predicted octanol–water partition coefficient (Wildman–Crippen LogP) is 1.70. The Morgan fingerprint density at radius 2 is 2.10 bits per heavy atom. The molecule has 1 aliphatic carbocycles. The fourth-order valence-corrected chi connectivity index (χ4v) is 3.27. The minimum Gasteiger partial charge on any atom is -0.352 e. The Labute approximate surface area is 123 Å². The van der Waals surface area contributed by atoms with E-state index in [9.17, 15) is 17.6 Å². The van der Waals surface area contributed by atoms with Gasteiger partial charge in [0, 0.05) is 12.1 Å². The molecule has 1 amide bonds. The highest BCUT2D eigenvalue weighted by atomic mass is 32.2. The number of amides is 1. The maximum absolute atomic E-state index is 13.5. The van der Waals surface area contributed by atoms with Crippen molar-refractivity contribution < 1.29 is 17.6 Å². The van der Waals surface area contributed by atoms with E-state index >= 15 is 0 Å². The Kier molecular flexibility index (Phi) is 4.63. The highest BCUT2D eigenvalue weighted by Gasteiger charge is 2.21. The van der Waals surface area contributed by atoms with E-state index in [4.69, 9.17) is 5.14 Å². The van der Waals surface area contributed by atoms with Gasteiger partial charge < -0.3 is 5.32 Å². The monoisotopic (exact) mass is 314 g/mol. The zero-order valence-electron chi connectivity index (χ0n) is 11.9. The molecule has 1 saturated carbocycles. The molecule has 0 spiro atoms. The first-order chi connectivity index (χ1) is 9.79. The van der Waals surface area contributed by atoms with Crippen molar-refractivity contribution in [1.29, 1.82) is 0 Å². The van der Waals surface area contributed by atoms with Gasteiger partial charge in [-0.25, -0.2) is 17.9 Å². The fourth-order valence-electron chi connectivity index (χ4n) is 2.45. The van der Waals surface area contributed by atoms with Gasteiger partial charge in [-0.3, -0.25) is 4.79 Å². The van der Waals surface area contributed by atoms with E-state index in [0.717, 1.165) is 18.6 Å². The lowest BCUT2D eigenvalue weighted by Crippen LogP contribution is -2.28. The summed E-state index contributed by atoms with van der Waals surface area (Å²) in [6.45, 7) is 1.95. The van der Waals surface area contributed by atoms with E-state index in [1.807, 2.05) is 0 Å². The number of nitrogens with one attached hydrogen (secondary N) is 1. The average Bonchev–Trinajstić information content (AvgIpc) is 2.33. The quantitative estimate of drug-likeness (QED) is 0.867. The summed E-state index contributed by atoms with van der Waals surface area (Å²) >= 11 is 0. The third-order valence-corrected chi connectivity index (χ3v) is 4.98. The molecule has 0 heterocycles. The summed E-state index contributed by atoms with van der Waals surface area (Å²) in [7, 11) is -4.06. The molecule has 2 rings (SSSR count). The first-order valence-corrected chi connectivity index (χ1v) is 8.45. The zero-order valence-corrected chi connectivity index (χ0v) is 12.7. The van der Waals surface area contributed by atoms with Crippen LogP contribution in [0.1, 0.15) is 41.6 Å². The number of benzene rings is 1. The molecule has 1 aliphatic rings. The molecule has 21 heavy (non-hydrogen) atoms. The van der Waals surface area contributed by atoms with E-state index in [0.29, 0.717) is 12.5 Å². The van der Waals surface area contributed by atoms with E-state index in [1.165, 1.54) is 26.2 Å². The maximum atomic E-state index is 13.5. The van der Waals surface area contributed by atoms with Crippen LogP contribution >= 0.6 is 0 Å². The van der Waals surface area contributed by atoms with Gasteiger partial charge in [-0.05, 0) is 37.0 Å². The van der Waals surface area contributed by atoms with E-state index in [2.05, 4.69) is 5.32 Å². The second kappa shape index (κ2) is 6.11. The van der Waals surface area contributed by atoms with Crippen LogP contribution in [0.5, 0.6) is 0 Å². The number of sulfonamides is 1. The van der Waals surface area contributed by atoms with E-state index in [-0.39, 0.29) is 16.0 Å². The molecule has 1 aromatic carbocycles. The number of nitrogens with two attached hydrogens (primary N) is 1. The van der Waals surface area contributed by atoms with Crippen LogP contribution in [-0.4, -0.2) is 20.9 Å². The van der Waals surface area contributed by atoms with Crippen molar-refractivity contribution in [3.8, 4) is 0 Å². The molecule has 0 atom stereocenters. The van der Waals surface area contributed by atoms with Crippen molar-refractivity contribution in [1.82, 2.24) is 5.32 Å². The first-order valence-electron chi connectivity index (χ1n) is 6.90. The summed E-state index contributed by atoms with van der Waals surface area (Å²) in [6, 6.07) is 1.86. The van der Waals surface area contributed by atoms with Crippen LogP contribution in [0.3, 0.4) is 0 Å². The number of carbonyl (C=O) groups excluding carboxylic acids is 1. The fraction of sp³-hybridized carbons (Fsp3) is 0.500. The number of carbonyl (C=O) groups is 1. The minimum atomic E-state index is -4.06. The van der Waals surface area contributed by atoms with Gasteiger partial charge in [0.1, 0.15) is 5.82 Å². The summed E-state index contributed by atoms with van der Waals surface area (Å²) < 4.78 is 36.3. The summed E-state index contributed by atoms with van der Waals surface area (Å²) in [5, 5.41) is 7.74. The van der Waals surface area contributed by atoms with Crippen LogP contribution in [0.15, 0.2) is 17.0 Å². The molecule has 0 unspecified atom stereocenters. The Bertz CT molecular complexity index is 654. The van der Waals surface area contributed by atoms with E-state index < -0.39 is 21.7 Å². The lowest BCUT2D eigenvalue weighted by atomic mass is 9.83. The SMILES string of the molecule is Cc1c(C(=O)NCCC2CCC2)cc(F)cc1S(N)(=O)=O. The van der Waals surface area contributed by atoms with Gasteiger partial charge >= 0.3 is 0 Å². The van der Waals surface area contributed by atoms with Crippen molar-refractivity contribution in [3.63, 3.8) is 0 Å². The zero-order chi connectivity index (χ0) is 15.6. The maximum Gasteiger partial charge on any atom is 0.251 e. The minimum absolute atomic E-state index is 0.00707.